The van der Waals surface area contributed by atoms with Crippen LogP contribution in [0.4, 0.5) is 13.2 Å². The summed E-state index contributed by atoms with van der Waals surface area (Å²) in [5, 5.41) is 12.3. The van der Waals surface area contributed by atoms with E-state index in [1.54, 1.807) is 17.4 Å². The fourth-order valence-corrected chi connectivity index (χ4v) is 3.74. The Morgan fingerprint density at radius 1 is 0.880 bits per heavy atom. The second kappa shape index (κ2) is 7.93. The third-order valence-corrected chi connectivity index (χ3v) is 5.01. The summed E-state index contributed by atoms with van der Waals surface area (Å²) in [7, 11) is 0. The van der Waals surface area contributed by atoms with E-state index < -0.39 is 6.30 Å². The second-order valence-corrected chi connectivity index (χ2v) is 7.08. The molecule has 1 aromatic rings. The lowest BCUT2D eigenvalue weighted by Crippen LogP contribution is -2.31. The van der Waals surface area contributed by atoms with Crippen LogP contribution in [0.5, 0.6) is 5.75 Å². The monoisotopic (exact) mass is 357 g/mol. The van der Waals surface area contributed by atoms with Crippen molar-refractivity contribution >= 4 is 0 Å². The van der Waals surface area contributed by atoms with Gasteiger partial charge < -0.3 is 5.11 Å². The Morgan fingerprint density at radius 3 is 1.72 bits per heavy atom. The Bertz CT molecular complexity index is 540. The molecular weight excluding hydrogens is 331 g/mol. The van der Waals surface area contributed by atoms with Crippen LogP contribution in [0.3, 0.4) is 0 Å². The highest BCUT2D eigenvalue weighted by Crippen LogP contribution is 2.29. The largest absolute Gasteiger partial charge is 0.507 e. The second-order valence-electron chi connectivity index (χ2n) is 7.08. The molecule has 0 bridgehead atoms. The first kappa shape index (κ1) is 18.5. The van der Waals surface area contributed by atoms with Crippen LogP contribution in [0.1, 0.15) is 42.4 Å². The maximum atomic E-state index is 12.5. The van der Waals surface area contributed by atoms with Crippen LogP contribution in [0.15, 0.2) is 12.1 Å². The van der Waals surface area contributed by atoms with E-state index in [9.17, 15) is 18.3 Å². The molecule has 4 nitrogen and oxygen atoms in total. The number of halogens is 3. The van der Waals surface area contributed by atoms with E-state index in [4.69, 9.17) is 0 Å². The topological polar surface area (TPSA) is 38.7 Å². The van der Waals surface area contributed by atoms with E-state index in [0.717, 1.165) is 63.0 Å². The minimum Gasteiger partial charge on any atom is -0.507 e. The Balaban J connectivity index is 1.80. The highest BCUT2D eigenvalue weighted by Gasteiger charge is 2.26. The summed E-state index contributed by atoms with van der Waals surface area (Å²) in [6.07, 6.45) is 0.142. The number of phenols is 1. The zero-order valence-electron chi connectivity index (χ0n) is 14.4. The van der Waals surface area contributed by atoms with Crippen molar-refractivity contribution in [2.75, 3.05) is 26.2 Å². The van der Waals surface area contributed by atoms with Gasteiger partial charge in [0.25, 0.3) is 0 Å². The molecule has 0 aliphatic carbocycles. The van der Waals surface area contributed by atoms with Crippen LogP contribution in [-0.4, -0.2) is 47.4 Å². The van der Waals surface area contributed by atoms with Gasteiger partial charge in [0.2, 0.25) is 0 Å². The van der Waals surface area contributed by atoms with Gasteiger partial charge in [0.15, 0.2) is 0 Å². The average Bonchev–Trinajstić information content (AvgIpc) is 3.22. The Hall–Kier alpha value is -1.31. The molecular formula is C18H26F3N3O. The SMILES string of the molecule is Oc1c(CN2CCCC2)cc(CNC(F)(F)F)cc1CN1CCCC1. The Labute approximate surface area is 146 Å². The molecule has 0 amide bonds. The van der Waals surface area contributed by atoms with Crippen LogP contribution in [0.25, 0.3) is 0 Å². The van der Waals surface area contributed by atoms with E-state index >= 15 is 0 Å². The molecule has 1 aromatic carbocycles. The number of aromatic hydroxyl groups is 1. The smallest absolute Gasteiger partial charge is 0.457 e. The lowest BCUT2D eigenvalue weighted by Gasteiger charge is -2.21. The summed E-state index contributed by atoms with van der Waals surface area (Å²) in [5.41, 5.74) is 2.04. The Kier molecular flexibility index (Phi) is 5.86. The van der Waals surface area contributed by atoms with Crippen LogP contribution in [0, 0.1) is 0 Å². The van der Waals surface area contributed by atoms with Gasteiger partial charge in [-0.2, -0.15) is 13.2 Å². The fourth-order valence-electron chi connectivity index (χ4n) is 3.74. The summed E-state index contributed by atoms with van der Waals surface area (Å²) in [6, 6.07) is 3.42. The zero-order chi connectivity index (χ0) is 17.9. The van der Waals surface area contributed by atoms with Crippen molar-refractivity contribution in [1.29, 1.82) is 0 Å². The number of phenolic OH excluding ortho intramolecular Hbond substituents is 1. The quantitative estimate of drug-likeness (QED) is 0.767. The van der Waals surface area contributed by atoms with E-state index in [1.165, 1.54) is 0 Å². The number of rotatable bonds is 6. The minimum atomic E-state index is -4.40. The Morgan fingerprint density at radius 2 is 1.32 bits per heavy atom. The summed E-state index contributed by atoms with van der Waals surface area (Å²) >= 11 is 0. The van der Waals surface area contributed by atoms with Crippen molar-refractivity contribution in [2.24, 2.45) is 0 Å². The summed E-state index contributed by atoms with van der Waals surface area (Å²) in [4.78, 5) is 4.49. The molecule has 7 heteroatoms. The zero-order valence-corrected chi connectivity index (χ0v) is 14.4. The molecule has 2 aliphatic heterocycles. The van der Waals surface area contributed by atoms with Crippen LogP contribution in [0.2, 0.25) is 0 Å². The van der Waals surface area contributed by atoms with Crippen LogP contribution in [-0.2, 0) is 19.6 Å². The highest BCUT2D eigenvalue weighted by atomic mass is 19.4. The van der Waals surface area contributed by atoms with Gasteiger partial charge >= 0.3 is 6.30 Å². The van der Waals surface area contributed by atoms with E-state index in [-0.39, 0.29) is 12.3 Å². The molecule has 2 aliphatic rings. The fraction of sp³-hybridized carbons (Fsp3) is 0.667. The van der Waals surface area contributed by atoms with Gasteiger partial charge in [0, 0.05) is 30.8 Å². The van der Waals surface area contributed by atoms with Crippen molar-refractivity contribution in [2.45, 2.75) is 51.6 Å². The minimum absolute atomic E-state index is 0.245. The molecule has 140 valence electrons. The number of nitrogens with one attached hydrogen (secondary N) is 1. The molecule has 0 atom stereocenters. The summed E-state index contributed by atoms with van der Waals surface area (Å²) in [5.74, 6) is 0.245. The molecule has 0 radical (unpaired) electrons. The van der Waals surface area contributed by atoms with Gasteiger partial charge in [-0.25, -0.2) is 5.32 Å². The van der Waals surface area contributed by atoms with Gasteiger partial charge in [0.05, 0.1) is 0 Å². The van der Waals surface area contributed by atoms with Crippen LogP contribution >= 0.6 is 0 Å². The number of nitrogens with zero attached hydrogens (tertiary/aromatic N) is 2. The first-order valence-corrected chi connectivity index (χ1v) is 9.01. The molecule has 0 unspecified atom stereocenters. The van der Waals surface area contributed by atoms with Gasteiger partial charge in [-0.05, 0) is 69.6 Å². The molecule has 2 heterocycles. The van der Waals surface area contributed by atoms with Crippen molar-refractivity contribution in [3.8, 4) is 5.75 Å². The predicted octanol–water partition coefficient (Wildman–Crippen LogP) is 3.19. The molecule has 2 N–H and O–H groups in total. The number of benzene rings is 1. The lowest BCUT2D eigenvalue weighted by atomic mass is 10.0. The maximum absolute atomic E-state index is 12.5. The van der Waals surface area contributed by atoms with Crippen molar-refractivity contribution in [3.05, 3.63) is 28.8 Å². The predicted molar refractivity (Wildman–Crippen MR) is 90.0 cm³/mol. The molecule has 3 rings (SSSR count). The molecule has 2 fully saturated rings. The number of hydrogen-bond donors (Lipinski definition) is 2. The van der Waals surface area contributed by atoms with Crippen LogP contribution < -0.4 is 5.32 Å². The van der Waals surface area contributed by atoms with E-state index in [2.05, 4.69) is 9.80 Å². The first-order valence-electron chi connectivity index (χ1n) is 9.01. The van der Waals surface area contributed by atoms with Gasteiger partial charge in [-0.3, -0.25) is 9.80 Å². The molecule has 0 saturated carbocycles. The van der Waals surface area contributed by atoms with Gasteiger partial charge in [0.1, 0.15) is 5.75 Å². The highest BCUT2D eigenvalue weighted by molar-refractivity contribution is 5.44. The standard InChI is InChI=1S/C18H26F3N3O/c19-18(20,21)22-11-14-9-15(12-23-5-1-2-6-23)17(25)16(10-14)13-24-7-3-4-8-24/h9-10,22,25H,1-8,11-13H2. The molecule has 0 aromatic heterocycles. The van der Waals surface area contributed by atoms with Crippen molar-refractivity contribution in [3.63, 3.8) is 0 Å². The third kappa shape index (κ3) is 5.33. The number of likely N-dealkylation sites (tertiary alicyclic amines) is 2. The van der Waals surface area contributed by atoms with E-state index in [0.29, 0.717) is 18.7 Å². The summed E-state index contributed by atoms with van der Waals surface area (Å²) in [6.45, 7) is 4.83. The average molecular weight is 357 g/mol. The maximum Gasteiger partial charge on any atom is 0.457 e. The molecule has 0 spiro atoms. The lowest BCUT2D eigenvalue weighted by molar-refractivity contribution is -0.158. The normalized spacial score (nSPS) is 19.8. The van der Waals surface area contributed by atoms with Gasteiger partial charge in [-0.1, -0.05) is 0 Å². The number of hydrogen-bond acceptors (Lipinski definition) is 4. The molecule has 25 heavy (non-hydrogen) atoms. The third-order valence-electron chi connectivity index (χ3n) is 5.01. The summed E-state index contributed by atoms with van der Waals surface area (Å²) < 4.78 is 37.5. The molecule has 2 saturated heterocycles. The number of alkyl halides is 3. The van der Waals surface area contributed by atoms with Gasteiger partial charge in [-0.15, -0.1) is 0 Å². The van der Waals surface area contributed by atoms with Crippen molar-refractivity contribution < 1.29 is 18.3 Å². The van der Waals surface area contributed by atoms with E-state index in [1.807, 2.05) is 0 Å². The van der Waals surface area contributed by atoms with Crippen molar-refractivity contribution in [1.82, 2.24) is 15.1 Å². The first-order chi connectivity index (χ1) is 11.9.